The lowest BCUT2D eigenvalue weighted by Gasteiger charge is -2.28. The average molecular weight is 214 g/mol. The molecule has 0 radical (unpaired) electrons. The molecule has 1 aliphatic heterocycles. The van der Waals surface area contributed by atoms with Crippen molar-refractivity contribution in [2.75, 3.05) is 20.1 Å². The summed E-state index contributed by atoms with van der Waals surface area (Å²) >= 11 is 0. The van der Waals surface area contributed by atoms with Gasteiger partial charge in [-0.2, -0.15) is 0 Å². The third-order valence-electron chi connectivity index (χ3n) is 3.28. The van der Waals surface area contributed by atoms with E-state index in [1.807, 2.05) is 0 Å². The second kappa shape index (κ2) is 6.08. The number of aliphatic carboxylic acids is 1. The molecule has 0 unspecified atom stereocenters. The Balaban J connectivity index is 2.07. The Kier molecular flexibility index (Phi) is 5.05. The highest BCUT2D eigenvalue weighted by Crippen LogP contribution is 2.21. The molecular formula is C11H22N2O2. The molecule has 0 aromatic rings. The van der Waals surface area contributed by atoms with Gasteiger partial charge >= 0.3 is 5.97 Å². The van der Waals surface area contributed by atoms with Crippen molar-refractivity contribution in [3.05, 3.63) is 0 Å². The number of hydrogen-bond acceptors (Lipinski definition) is 3. The molecule has 0 bridgehead atoms. The maximum Gasteiger partial charge on any atom is 0.320 e. The molecule has 0 aliphatic carbocycles. The molecule has 1 atom stereocenters. The van der Waals surface area contributed by atoms with Crippen molar-refractivity contribution >= 4 is 5.97 Å². The zero-order chi connectivity index (χ0) is 11.3. The maximum atomic E-state index is 10.5. The van der Waals surface area contributed by atoms with Crippen LogP contribution in [0.15, 0.2) is 0 Å². The molecule has 3 N–H and O–H groups in total. The van der Waals surface area contributed by atoms with E-state index in [-0.39, 0.29) is 0 Å². The summed E-state index contributed by atoms with van der Waals surface area (Å²) in [5, 5.41) is 8.62. The second-order valence-corrected chi connectivity index (χ2v) is 4.62. The molecule has 15 heavy (non-hydrogen) atoms. The lowest BCUT2D eigenvalue weighted by atomic mass is 9.91. The molecule has 0 spiro atoms. The number of nitrogens with two attached hydrogens (primary N) is 1. The molecule has 1 fully saturated rings. The van der Waals surface area contributed by atoms with Crippen LogP contribution in [0.4, 0.5) is 0 Å². The lowest BCUT2D eigenvalue weighted by Crippen LogP contribution is -2.31. The van der Waals surface area contributed by atoms with Crippen LogP contribution in [0.2, 0.25) is 0 Å². The van der Waals surface area contributed by atoms with Crippen molar-refractivity contribution in [3.63, 3.8) is 0 Å². The number of likely N-dealkylation sites (tertiary alicyclic amines) is 1. The molecule has 1 saturated heterocycles. The van der Waals surface area contributed by atoms with Crippen LogP contribution < -0.4 is 5.73 Å². The first kappa shape index (κ1) is 12.5. The van der Waals surface area contributed by atoms with Gasteiger partial charge in [-0.15, -0.1) is 0 Å². The molecular weight excluding hydrogens is 192 g/mol. The number of nitrogens with zero attached hydrogens (tertiary/aromatic N) is 1. The van der Waals surface area contributed by atoms with Gasteiger partial charge < -0.3 is 15.7 Å². The van der Waals surface area contributed by atoms with Crippen LogP contribution in [0.1, 0.15) is 32.1 Å². The molecule has 4 heteroatoms. The van der Waals surface area contributed by atoms with Crippen LogP contribution in [-0.4, -0.2) is 42.2 Å². The SMILES string of the molecule is CN1CCC(CCC[C@@H](N)C(=O)O)CC1. The summed E-state index contributed by atoms with van der Waals surface area (Å²) in [6.07, 6.45) is 5.19. The molecule has 1 aliphatic rings. The van der Waals surface area contributed by atoms with Crippen LogP contribution in [0.5, 0.6) is 0 Å². The Bertz CT molecular complexity index is 201. The zero-order valence-electron chi connectivity index (χ0n) is 9.48. The Hall–Kier alpha value is -0.610. The number of hydrogen-bond donors (Lipinski definition) is 2. The summed E-state index contributed by atoms with van der Waals surface area (Å²) < 4.78 is 0. The van der Waals surface area contributed by atoms with E-state index in [4.69, 9.17) is 10.8 Å². The zero-order valence-corrected chi connectivity index (χ0v) is 9.48. The van der Waals surface area contributed by atoms with Crippen molar-refractivity contribution in [2.24, 2.45) is 11.7 Å². The van der Waals surface area contributed by atoms with Crippen LogP contribution in [0.25, 0.3) is 0 Å². The Morgan fingerprint density at radius 3 is 2.67 bits per heavy atom. The van der Waals surface area contributed by atoms with Gasteiger partial charge in [0.1, 0.15) is 6.04 Å². The van der Waals surface area contributed by atoms with Gasteiger partial charge in [0.15, 0.2) is 0 Å². The van der Waals surface area contributed by atoms with Gasteiger partial charge in [0, 0.05) is 0 Å². The number of carbonyl (C=O) groups is 1. The van der Waals surface area contributed by atoms with Crippen LogP contribution in [0.3, 0.4) is 0 Å². The molecule has 0 amide bonds. The van der Waals surface area contributed by atoms with Gasteiger partial charge in [0.25, 0.3) is 0 Å². The van der Waals surface area contributed by atoms with Crippen LogP contribution >= 0.6 is 0 Å². The van der Waals surface area contributed by atoms with E-state index in [9.17, 15) is 4.79 Å². The minimum Gasteiger partial charge on any atom is -0.480 e. The van der Waals surface area contributed by atoms with E-state index in [1.165, 1.54) is 25.9 Å². The Labute approximate surface area is 91.4 Å². The molecule has 4 nitrogen and oxygen atoms in total. The van der Waals surface area contributed by atoms with Crippen molar-refractivity contribution in [3.8, 4) is 0 Å². The number of carboxylic acids is 1. The standard InChI is InChI=1S/C11H22N2O2/c1-13-7-5-9(6-8-13)3-2-4-10(12)11(14)15/h9-10H,2-8,12H2,1H3,(H,14,15)/t10-/m1/s1. The van der Waals surface area contributed by atoms with Crippen molar-refractivity contribution in [1.82, 2.24) is 4.90 Å². The average Bonchev–Trinajstić information content (AvgIpc) is 2.20. The fourth-order valence-electron chi connectivity index (χ4n) is 2.10. The van der Waals surface area contributed by atoms with E-state index >= 15 is 0 Å². The first-order valence-corrected chi connectivity index (χ1v) is 5.76. The summed E-state index contributed by atoms with van der Waals surface area (Å²) in [4.78, 5) is 12.8. The topological polar surface area (TPSA) is 66.6 Å². The first-order chi connectivity index (χ1) is 7.09. The minimum atomic E-state index is -0.877. The van der Waals surface area contributed by atoms with E-state index in [1.54, 1.807) is 0 Å². The molecule has 1 rings (SSSR count). The van der Waals surface area contributed by atoms with Gasteiger partial charge in [0.05, 0.1) is 0 Å². The van der Waals surface area contributed by atoms with Gasteiger partial charge in [-0.25, -0.2) is 0 Å². The fourth-order valence-corrected chi connectivity index (χ4v) is 2.10. The quantitative estimate of drug-likeness (QED) is 0.714. The van der Waals surface area contributed by atoms with Gasteiger partial charge in [-0.3, -0.25) is 4.79 Å². The predicted molar refractivity (Wildman–Crippen MR) is 59.7 cm³/mol. The van der Waals surface area contributed by atoms with Gasteiger partial charge in [0.2, 0.25) is 0 Å². The van der Waals surface area contributed by atoms with Crippen LogP contribution in [0, 0.1) is 5.92 Å². The Morgan fingerprint density at radius 1 is 1.53 bits per heavy atom. The van der Waals surface area contributed by atoms with E-state index < -0.39 is 12.0 Å². The number of rotatable bonds is 5. The lowest BCUT2D eigenvalue weighted by molar-refractivity contribution is -0.138. The second-order valence-electron chi connectivity index (χ2n) is 4.62. The highest BCUT2D eigenvalue weighted by molar-refractivity contribution is 5.72. The smallest absolute Gasteiger partial charge is 0.320 e. The largest absolute Gasteiger partial charge is 0.480 e. The fraction of sp³-hybridized carbons (Fsp3) is 0.909. The van der Waals surface area contributed by atoms with E-state index in [0.717, 1.165) is 18.8 Å². The third kappa shape index (κ3) is 4.62. The van der Waals surface area contributed by atoms with Crippen molar-refractivity contribution in [2.45, 2.75) is 38.1 Å². The van der Waals surface area contributed by atoms with E-state index in [0.29, 0.717) is 6.42 Å². The summed E-state index contributed by atoms with van der Waals surface area (Å²) in [5.41, 5.74) is 5.45. The summed E-state index contributed by atoms with van der Waals surface area (Å²) in [5.74, 6) is -0.0967. The van der Waals surface area contributed by atoms with E-state index in [2.05, 4.69) is 11.9 Å². The van der Waals surface area contributed by atoms with Crippen molar-refractivity contribution in [1.29, 1.82) is 0 Å². The summed E-state index contributed by atoms with van der Waals surface area (Å²) in [6, 6.07) is -0.670. The Morgan fingerprint density at radius 2 is 2.13 bits per heavy atom. The summed E-state index contributed by atoms with van der Waals surface area (Å²) in [7, 11) is 2.15. The highest BCUT2D eigenvalue weighted by atomic mass is 16.4. The molecule has 0 aromatic heterocycles. The first-order valence-electron chi connectivity index (χ1n) is 5.76. The monoisotopic (exact) mass is 214 g/mol. The maximum absolute atomic E-state index is 10.5. The van der Waals surface area contributed by atoms with Gasteiger partial charge in [-0.1, -0.05) is 12.8 Å². The molecule has 88 valence electrons. The predicted octanol–water partition coefficient (Wildman–Crippen LogP) is 0.910. The number of carboxylic acid groups (broad SMARTS) is 1. The molecule has 1 heterocycles. The van der Waals surface area contributed by atoms with Crippen LogP contribution in [-0.2, 0) is 4.79 Å². The number of piperidine rings is 1. The molecule has 0 aromatic carbocycles. The third-order valence-corrected chi connectivity index (χ3v) is 3.28. The minimum absolute atomic E-state index is 0.613. The summed E-state index contributed by atoms with van der Waals surface area (Å²) in [6.45, 7) is 2.35. The van der Waals surface area contributed by atoms with Crippen molar-refractivity contribution < 1.29 is 9.90 Å². The van der Waals surface area contributed by atoms with Gasteiger partial charge in [-0.05, 0) is 45.3 Å². The highest BCUT2D eigenvalue weighted by Gasteiger charge is 2.17. The normalized spacial score (nSPS) is 21.5. The molecule has 0 saturated carbocycles.